The Hall–Kier alpha value is -2.16. The first-order valence-electron chi connectivity index (χ1n) is 11.5. The molecule has 1 saturated carbocycles. The van der Waals surface area contributed by atoms with E-state index in [-0.39, 0.29) is 0 Å². The molecule has 0 unspecified atom stereocenters. The van der Waals surface area contributed by atoms with Crippen LogP contribution in [0.15, 0.2) is 42.5 Å². The van der Waals surface area contributed by atoms with Gasteiger partial charge < -0.3 is 16.2 Å². The zero-order valence-corrected chi connectivity index (χ0v) is 18.0. The van der Waals surface area contributed by atoms with Crippen molar-refractivity contribution in [1.82, 2.24) is 0 Å². The number of unbranched alkanes of at least 4 members (excludes halogenated alkanes) is 4. The normalized spacial score (nSPS) is 19.2. The first kappa shape index (κ1) is 21.5. The fraction of sp³-hybridized carbons (Fsp3) is 0.538. The van der Waals surface area contributed by atoms with Crippen LogP contribution in [0.5, 0.6) is 5.75 Å². The van der Waals surface area contributed by atoms with Crippen molar-refractivity contribution in [3.8, 4) is 5.75 Å². The maximum Gasteiger partial charge on any atom is 0.119 e. The van der Waals surface area contributed by atoms with Crippen molar-refractivity contribution in [2.24, 2.45) is 5.92 Å². The molecule has 0 spiro atoms. The van der Waals surface area contributed by atoms with E-state index in [1.807, 2.05) is 12.1 Å². The average molecular weight is 395 g/mol. The van der Waals surface area contributed by atoms with Gasteiger partial charge in [-0.3, -0.25) is 0 Å². The van der Waals surface area contributed by atoms with Crippen molar-refractivity contribution >= 4 is 11.4 Å². The summed E-state index contributed by atoms with van der Waals surface area (Å²) in [5.74, 6) is 2.57. The zero-order chi connectivity index (χ0) is 20.5. The zero-order valence-electron chi connectivity index (χ0n) is 18.0. The summed E-state index contributed by atoms with van der Waals surface area (Å²) in [4.78, 5) is 0. The molecule has 0 saturated heterocycles. The van der Waals surface area contributed by atoms with Crippen molar-refractivity contribution in [2.45, 2.75) is 83.7 Å². The predicted molar refractivity (Wildman–Crippen MR) is 124 cm³/mol. The van der Waals surface area contributed by atoms with Crippen LogP contribution < -0.4 is 16.2 Å². The number of hydrogen-bond acceptors (Lipinski definition) is 3. The predicted octanol–water partition coefficient (Wildman–Crippen LogP) is 7.06. The fourth-order valence-electron chi connectivity index (χ4n) is 4.65. The number of nitrogens with two attached hydrogens (primary N) is 2. The SMILES string of the molecule is CCCCCCC[C@H]1CC[C@H](c2ccc(OCc3cc(N)cc(N)c3)cc2)CC1. The van der Waals surface area contributed by atoms with Crippen LogP contribution in [0.2, 0.25) is 0 Å². The van der Waals surface area contributed by atoms with E-state index < -0.39 is 0 Å². The summed E-state index contributed by atoms with van der Waals surface area (Å²) >= 11 is 0. The molecule has 0 aromatic heterocycles. The smallest absolute Gasteiger partial charge is 0.119 e. The summed E-state index contributed by atoms with van der Waals surface area (Å²) in [5, 5.41) is 0. The van der Waals surface area contributed by atoms with Gasteiger partial charge in [0, 0.05) is 11.4 Å². The molecule has 3 nitrogen and oxygen atoms in total. The van der Waals surface area contributed by atoms with Crippen LogP contribution in [0.25, 0.3) is 0 Å². The third-order valence-electron chi connectivity index (χ3n) is 6.36. The van der Waals surface area contributed by atoms with E-state index in [1.165, 1.54) is 69.8 Å². The number of rotatable bonds is 10. The molecule has 4 N–H and O–H groups in total. The molecule has 3 heteroatoms. The number of benzene rings is 2. The van der Waals surface area contributed by atoms with E-state index in [2.05, 4.69) is 31.2 Å². The Morgan fingerprint density at radius 2 is 1.48 bits per heavy atom. The molecule has 2 aromatic rings. The van der Waals surface area contributed by atoms with Gasteiger partial charge >= 0.3 is 0 Å². The minimum Gasteiger partial charge on any atom is -0.489 e. The van der Waals surface area contributed by atoms with Crippen molar-refractivity contribution < 1.29 is 4.74 Å². The first-order chi connectivity index (χ1) is 14.1. The number of hydrogen-bond donors (Lipinski definition) is 2. The number of ether oxygens (including phenoxy) is 1. The number of anilines is 2. The van der Waals surface area contributed by atoms with Crippen molar-refractivity contribution in [2.75, 3.05) is 11.5 Å². The average Bonchev–Trinajstić information content (AvgIpc) is 2.72. The van der Waals surface area contributed by atoms with Crippen molar-refractivity contribution in [1.29, 1.82) is 0 Å². The third-order valence-corrected chi connectivity index (χ3v) is 6.36. The molecule has 1 aliphatic rings. The van der Waals surface area contributed by atoms with Gasteiger partial charge in [-0.25, -0.2) is 0 Å². The van der Waals surface area contributed by atoms with Crippen molar-refractivity contribution in [3.05, 3.63) is 53.6 Å². The molecule has 0 bridgehead atoms. The second-order valence-electron chi connectivity index (χ2n) is 8.79. The van der Waals surface area contributed by atoms with Crippen LogP contribution in [-0.4, -0.2) is 0 Å². The minimum absolute atomic E-state index is 0.484. The molecule has 1 fully saturated rings. The molecule has 0 heterocycles. The summed E-state index contributed by atoms with van der Waals surface area (Å²) in [6.07, 6.45) is 13.9. The molecule has 2 aromatic carbocycles. The molecule has 158 valence electrons. The fourth-order valence-corrected chi connectivity index (χ4v) is 4.65. The molecule has 0 radical (unpaired) electrons. The summed E-state index contributed by atoms with van der Waals surface area (Å²) in [6.45, 7) is 2.77. The highest BCUT2D eigenvalue weighted by Gasteiger charge is 2.22. The summed E-state index contributed by atoms with van der Waals surface area (Å²) < 4.78 is 5.92. The second-order valence-corrected chi connectivity index (χ2v) is 8.79. The van der Waals surface area contributed by atoms with E-state index in [9.17, 15) is 0 Å². The Balaban J connectivity index is 1.41. The lowest BCUT2D eigenvalue weighted by Gasteiger charge is -2.29. The van der Waals surface area contributed by atoms with Crippen LogP contribution in [0.1, 0.15) is 88.2 Å². The van der Waals surface area contributed by atoms with E-state index in [0.29, 0.717) is 23.9 Å². The van der Waals surface area contributed by atoms with E-state index in [0.717, 1.165) is 17.2 Å². The minimum atomic E-state index is 0.484. The van der Waals surface area contributed by atoms with Gasteiger partial charge in [0.15, 0.2) is 0 Å². The second kappa shape index (κ2) is 11.1. The van der Waals surface area contributed by atoms with E-state index in [1.54, 1.807) is 6.07 Å². The van der Waals surface area contributed by atoms with E-state index in [4.69, 9.17) is 16.2 Å². The Morgan fingerprint density at radius 1 is 0.828 bits per heavy atom. The maximum atomic E-state index is 5.92. The van der Waals surface area contributed by atoms with E-state index >= 15 is 0 Å². The topological polar surface area (TPSA) is 61.3 Å². The summed E-state index contributed by atoms with van der Waals surface area (Å²) in [5.41, 5.74) is 15.5. The van der Waals surface area contributed by atoms with Gasteiger partial charge in [0.25, 0.3) is 0 Å². The van der Waals surface area contributed by atoms with Gasteiger partial charge in [0.05, 0.1) is 0 Å². The molecular formula is C26H38N2O. The molecule has 29 heavy (non-hydrogen) atoms. The van der Waals surface area contributed by atoms with Gasteiger partial charge in [-0.15, -0.1) is 0 Å². The monoisotopic (exact) mass is 394 g/mol. The van der Waals surface area contributed by atoms with Crippen LogP contribution in [0, 0.1) is 5.92 Å². The highest BCUT2D eigenvalue weighted by atomic mass is 16.5. The Morgan fingerprint density at radius 3 is 2.14 bits per heavy atom. The summed E-state index contributed by atoms with van der Waals surface area (Å²) in [7, 11) is 0. The van der Waals surface area contributed by atoms with Crippen molar-refractivity contribution in [3.63, 3.8) is 0 Å². The highest BCUT2D eigenvalue weighted by Crippen LogP contribution is 2.38. The first-order valence-corrected chi connectivity index (χ1v) is 11.5. The molecule has 0 amide bonds. The molecular weight excluding hydrogens is 356 g/mol. The Kier molecular flexibility index (Phi) is 8.27. The Labute approximate surface area is 176 Å². The highest BCUT2D eigenvalue weighted by molar-refractivity contribution is 5.54. The quantitative estimate of drug-likeness (QED) is 0.335. The number of nitrogen functional groups attached to an aromatic ring is 2. The maximum absolute atomic E-state index is 5.92. The summed E-state index contributed by atoms with van der Waals surface area (Å²) in [6, 6.07) is 14.3. The Bertz CT molecular complexity index is 713. The van der Waals surface area contributed by atoms with Gasteiger partial charge in [-0.1, -0.05) is 57.6 Å². The standard InChI is InChI=1S/C26H38N2O/c1-2-3-4-5-6-7-20-8-10-22(11-9-20)23-12-14-26(15-13-23)29-19-21-16-24(27)18-25(28)17-21/h12-18,20,22H,2-11,19,27-28H2,1H3/t20-,22-. The lowest BCUT2D eigenvalue weighted by atomic mass is 9.77. The van der Waals surface area contributed by atoms with Gasteiger partial charge in [0.1, 0.15) is 12.4 Å². The molecule has 0 aliphatic heterocycles. The van der Waals surface area contributed by atoms with Crippen LogP contribution in [0.3, 0.4) is 0 Å². The van der Waals surface area contributed by atoms with Gasteiger partial charge in [-0.05, 0) is 79.0 Å². The largest absolute Gasteiger partial charge is 0.489 e. The van der Waals surface area contributed by atoms with Gasteiger partial charge in [0.2, 0.25) is 0 Å². The molecule has 1 aliphatic carbocycles. The lowest BCUT2D eigenvalue weighted by molar-refractivity contribution is 0.299. The van der Waals surface area contributed by atoms with Gasteiger partial charge in [-0.2, -0.15) is 0 Å². The molecule has 0 atom stereocenters. The molecule has 3 rings (SSSR count). The van der Waals surface area contributed by atoms with Crippen LogP contribution in [0.4, 0.5) is 11.4 Å². The van der Waals surface area contributed by atoms with Crippen LogP contribution >= 0.6 is 0 Å². The lowest BCUT2D eigenvalue weighted by Crippen LogP contribution is -2.13. The third kappa shape index (κ3) is 6.99. The van der Waals surface area contributed by atoms with Crippen LogP contribution in [-0.2, 0) is 6.61 Å².